The first kappa shape index (κ1) is 37.0. The third-order valence-electron chi connectivity index (χ3n) is 7.96. The Morgan fingerprint density at radius 2 is 1.78 bits per heavy atom. The highest BCUT2D eigenvalue weighted by Gasteiger charge is 2.27. The molecule has 2 fully saturated rings. The fraction of sp³-hybridized carbons (Fsp3) is 0.455. The number of hydrogen-bond acceptors (Lipinski definition) is 9. The molecule has 2 aromatic carbocycles. The number of rotatable bonds is 17. The molecule has 11 nitrogen and oxygen atoms in total. The van der Waals surface area contributed by atoms with Crippen LogP contribution in [0.2, 0.25) is 10.0 Å². The normalized spacial score (nSPS) is 16.0. The zero-order valence-electron chi connectivity index (χ0n) is 26.8. The van der Waals surface area contributed by atoms with Crippen LogP contribution in [0.4, 0.5) is 8.78 Å². The van der Waals surface area contributed by atoms with Gasteiger partial charge in [-0.05, 0) is 48.6 Å². The lowest BCUT2D eigenvalue weighted by atomic mass is 10.0. The molecular formula is C33H38Cl2F2N3O8S+. The number of H-pyrrole nitrogens is 1. The Hall–Kier alpha value is -3.27. The van der Waals surface area contributed by atoms with Crippen LogP contribution in [0.1, 0.15) is 46.0 Å². The van der Waals surface area contributed by atoms with Crippen molar-refractivity contribution in [3.8, 4) is 17.2 Å². The van der Waals surface area contributed by atoms with Crippen LogP contribution in [0.5, 0.6) is 17.2 Å². The van der Waals surface area contributed by atoms with Gasteiger partial charge in [0.1, 0.15) is 28.5 Å². The van der Waals surface area contributed by atoms with Gasteiger partial charge in [0.2, 0.25) is 10.0 Å². The molecule has 2 aliphatic rings. The van der Waals surface area contributed by atoms with E-state index in [4.69, 9.17) is 46.9 Å². The molecule has 5 rings (SSSR count). The average Bonchev–Trinajstić information content (AvgIpc) is 3.89. The molecule has 2 heterocycles. The number of sulfonamides is 1. The fourth-order valence-electron chi connectivity index (χ4n) is 5.08. The fourth-order valence-corrected chi connectivity index (χ4v) is 6.03. The lowest BCUT2D eigenvalue weighted by Crippen LogP contribution is -2.38. The number of nitrogens with zero attached hydrogens (tertiary/aromatic N) is 1. The molecular weight excluding hydrogens is 707 g/mol. The molecule has 16 heteroatoms. The molecule has 0 spiro atoms. The molecule has 1 saturated carbocycles. The van der Waals surface area contributed by atoms with Crippen LogP contribution in [-0.4, -0.2) is 78.2 Å². The molecule has 0 radical (unpaired) electrons. The van der Waals surface area contributed by atoms with E-state index < -0.39 is 28.7 Å². The summed E-state index contributed by atoms with van der Waals surface area (Å²) < 4.78 is 80.6. The van der Waals surface area contributed by atoms with E-state index in [0.717, 1.165) is 32.2 Å². The monoisotopic (exact) mass is 744 g/mol. The number of hydrogen-bond donors (Lipinski definition) is 1. The van der Waals surface area contributed by atoms with Crippen molar-refractivity contribution in [3.05, 3.63) is 81.1 Å². The molecule has 49 heavy (non-hydrogen) atoms. The number of ether oxygens (including phenoxy) is 5. The molecule has 2 N–H and O–H groups in total. The first-order chi connectivity index (χ1) is 23.4. The molecule has 1 aromatic heterocycles. The summed E-state index contributed by atoms with van der Waals surface area (Å²) in [5.41, 5.74) is 1.57. The molecule has 266 valence electrons. The molecule has 0 unspecified atom stereocenters. The van der Waals surface area contributed by atoms with Gasteiger partial charge in [0.25, 0.3) is 0 Å². The summed E-state index contributed by atoms with van der Waals surface area (Å²) >= 11 is 12.9. The molecule has 1 saturated heterocycles. The van der Waals surface area contributed by atoms with Gasteiger partial charge in [-0.15, -0.1) is 0 Å². The highest BCUT2D eigenvalue weighted by molar-refractivity contribution is 7.88. The maximum Gasteiger partial charge on any atom is 0.387 e. The maximum absolute atomic E-state index is 13.8. The number of benzene rings is 2. The van der Waals surface area contributed by atoms with Crippen molar-refractivity contribution in [2.45, 2.75) is 38.5 Å². The van der Waals surface area contributed by atoms with Crippen LogP contribution in [0, 0.1) is 5.92 Å². The second-order valence-corrected chi connectivity index (χ2v) is 14.4. The van der Waals surface area contributed by atoms with Gasteiger partial charge in [0.05, 0.1) is 31.6 Å². The zero-order chi connectivity index (χ0) is 35.0. The molecule has 1 aliphatic heterocycles. The van der Waals surface area contributed by atoms with Crippen molar-refractivity contribution in [1.82, 2.24) is 9.62 Å². The van der Waals surface area contributed by atoms with Crippen LogP contribution in [0.3, 0.4) is 0 Å². The predicted molar refractivity (Wildman–Crippen MR) is 177 cm³/mol. The summed E-state index contributed by atoms with van der Waals surface area (Å²) in [7, 11) is -3.51. The number of morpholine rings is 1. The number of aromatic nitrogens is 1. The molecule has 1 atom stereocenters. The second-order valence-electron chi connectivity index (χ2n) is 11.8. The third-order valence-corrected chi connectivity index (χ3v) is 9.30. The van der Waals surface area contributed by atoms with Crippen molar-refractivity contribution < 1.29 is 50.7 Å². The van der Waals surface area contributed by atoms with Crippen molar-refractivity contribution in [2.75, 3.05) is 52.3 Å². The minimum absolute atomic E-state index is 0.0362. The smallest absolute Gasteiger partial charge is 0.387 e. The average molecular weight is 746 g/mol. The Kier molecular flexibility index (Phi) is 12.9. The minimum atomic E-state index is -3.51. The number of carbonyl (C=O) groups is 1. The topological polar surface area (TPSA) is 127 Å². The van der Waals surface area contributed by atoms with Gasteiger partial charge in [-0.25, -0.2) is 22.9 Å². The Labute approximate surface area is 293 Å². The van der Waals surface area contributed by atoms with E-state index >= 15 is 0 Å². The number of esters is 1. The van der Waals surface area contributed by atoms with Crippen molar-refractivity contribution in [1.29, 1.82) is 0 Å². The summed E-state index contributed by atoms with van der Waals surface area (Å²) in [5, 5.41) is 0.602. The lowest BCUT2D eigenvalue weighted by Gasteiger charge is -2.26. The maximum atomic E-state index is 13.8. The first-order valence-electron chi connectivity index (χ1n) is 15.7. The van der Waals surface area contributed by atoms with Crippen LogP contribution >= 0.6 is 23.2 Å². The molecule has 3 aromatic rings. The number of halogens is 4. The van der Waals surface area contributed by atoms with Gasteiger partial charge >= 0.3 is 12.6 Å². The predicted octanol–water partition coefficient (Wildman–Crippen LogP) is 5.10. The van der Waals surface area contributed by atoms with Crippen molar-refractivity contribution in [2.24, 2.45) is 5.92 Å². The summed E-state index contributed by atoms with van der Waals surface area (Å²) in [6.07, 6.45) is 5.13. The second kappa shape index (κ2) is 17.1. The Bertz CT molecular complexity index is 1690. The molecule has 0 amide bonds. The van der Waals surface area contributed by atoms with E-state index in [-0.39, 0.29) is 36.6 Å². The summed E-state index contributed by atoms with van der Waals surface area (Å²) in [4.78, 5) is 18.8. The zero-order valence-corrected chi connectivity index (χ0v) is 29.1. The number of alkyl halides is 2. The van der Waals surface area contributed by atoms with Gasteiger partial charge < -0.3 is 23.7 Å². The van der Waals surface area contributed by atoms with Crippen LogP contribution < -0.4 is 23.9 Å². The quantitative estimate of drug-likeness (QED) is 0.188. The van der Waals surface area contributed by atoms with Crippen molar-refractivity contribution >= 4 is 39.2 Å². The summed E-state index contributed by atoms with van der Waals surface area (Å²) in [5.74, 6) is -0.149. The highest BCUT2D eigenvalue weighted by atomic mass is 35.5. The van der Waals surface area contributed by atoms with Gasteiger partial charge in [-0.2, -0.15) is 8.78 Å². The van der Waals surface area contributed by atoms with E-state index in [1.807, 2.05) is 0 Å². The summed E-state index contributed by atoms with van der Waals surface area (Å²) in [6, 6.07) is 8.96. The van der Waals surface area contributed by atoms with E-state index in [1.54, 1.807) is 6.07 Å². The summed E-state index contributed by atoms with van der Waals surface area (Å²) in [6.45, 7) is 0.862. The number of nitrogens with one attached hydrogen (secondary N) is 2. The van der Waals surface area contributed by atoms with Gasteiger partial charge in [0, 0.05) is 43.7 Å². The highest BCUT2D eigenvalue weighted by Crippen LogP contribution is 2.38. The van der Waals surface area contributed by atoms with Crippen LogP contribution in [0.25, 0.3) is 0 Å². The molecule has 1 aliphatic carbocycles. The van der Waals surface area contributed by atoms with E-state index in [1.165, 1.54) is 42.7 Å². The van der Waals surface area contributed by atoms with E-state index in [9.17, 15) is 22.0 Å². The van der Waals surface area contributed by atoms with Gasteiger partial charge in [-0.1, -0.05) is 35.3 Å². The lowest BCUT2D eigenvalue weighted by molar-refractivity contribution is -0.377. The molecule has 0 bridgehead atoms. The van der Waals surface area contributed by atoms with E-state index in [2.05, 4.69) is 14.6 Å². The Balaban J connectivity index is 1.42. The van der Waals surface area contributed by atoms with Crippen molar-refractivity contribution in [3.63, 3.8) is 0 Å². The SMILES string of the molecule is CS(=O)(=O)NCc1ccc(C(=O)O[C@@H](Cc2c(Cl)c[nH+]cc2Cl)c2ccc(OC(F)F)c(OCC3CC3)c2)cc1OCCN1CCOCC1. The van der Waals surface area contributed by atoms with Crippen LogP contribution in [-0.2, 0) is 32.5 Å². The number of aromatic amines is 1. The largest absolute Gasteiger partial charge is 0.492 e. The number of carbonyl (C=O) groups excluding carboxylic acids is 1. The Morgan fingerprint density at radius 3 is 2.45 bits per heavy atom. The Morgan fingerprint density at radius 1 is 1.04 bits per heavy atom. The first-order valence-corrected chi connectivity index (χ1v) is 18.4. The minimum Gasteiger partial charge on any atom is -0.492 e. The standard InChI is InChI=1S/C33H37Cl2F2N3O8S/c1-49(42,43)39-17-24-5-4-23(15-29(24)45-13-10-40-8-11-44-12-9-40)32(41)47-30(16-25-26(34)18-38-19-27(25)35)22-6-7-28(48-33(36)37)31(14-22)46-20-21-2-3-21/h4-7,14-15,18-19,21,30,33,39H,2-3,8-13,16-17,20H2,1H3/p+1/t30-/m0/s1. The van der Waals surface area contributed by atoms with Gasteiger partial charge in [-0.3, -0.25) is 4.90 Å². The van der Waals surface area contributed by atoms with E-state index in [0.29, 0.717) is 64.8 Å². The third kappa shape index (κ3) is 11.4. The number of pyridine rings is 1. The van der Waals surface area contributed by atoms with Crippen LogP contribution in [0.15, 0.2) is 48.8 Å². The van der Waals surface area contributed by atoms with Gasteiger partial charge in [0.15, 0.2) is 23.9 Å².